The van der Waals surface area contributed by atoms with Crippen LogP contribution in [-0.4, -0.2) is 37.8 Å². The second-order valence-corrected chi connectivity index (χ2v) is 5.39. The van der Waals surface area contributed by atoms with Crippen LogP contribution in [0.2, 0.25) is 0 Å². The zero-order valence-corrected chi connectivity index (χ0v) is 12.5. The van der Waals surface area contributed by atoms with Gasteiger partial charge in [-0.1, -0.05) is 13.8 Å². The molecule has 0 saturated heterocycles. The van der Waals surface area contributed by atoms with Crippen LogP contribution < -0.4 is 10.2 Å². The molecule has 1 aromatic carbocycles. The first-order valence-corrected chi connectivity index (χ1v) is 6.75. The Kier molecular flexibility index (Phi) is 5.95. The third kappa shape index (κ3) is 4.20. The predicted octanol–water partition coefficient (Wildman–Crippen LogP) is 2.03. The number of benzene rings is 1. The molecular formula is C15H23FN2O2. The molecule has 2 N–H and O–H groups in total. The van der Waals surface area contributed by atoms with Crippen LogP contribution in [0.4, 0.5) is 10.1 Å². The van der Waals surface area contributed by atoms with Gasteiger partial charge in [-0.25, -0.2) is 4.39 Å². The van der Waals surface area contributed by atoms with Gasteiger partial charge in [0.25, 0.3) is 5.91 Å². The highest BCUT2D eigenvalue weighted by molar-refractivity contribution is 5.95. The fraction of sp³-hybridized carbons (Fsp3) is 0.533. The minimum Gasteiger partial charge on any atom is -0.396 e. The number of rotatable bonds is 6. The number of halogens is 1. The molecule has 0 heterocycles. The highest BCUT2D eigenvalue weighted by atomic mass is 19.1. The van der Waals surface area contributed by atoms with Crippen LogP contribution in [0.1, 0.15) is 30.6 Å². The lowest BCUT2D eigenvalue weighted by Gasteiger charge is -2.22. The van der Waals surface area contributed by atoms with Gasteiger partial charge in [0, 0.05) is 32.4 Å². The fourth-order valence-corrected chi connectivity index (χ4v) is 1.92. The van der Waals surface area contributed by atoms with Crippen molar-refractivity contribution in [1.29, 1.82) is 0 Å². The number of amides is 1. The van der Waals surface area contributed by atoms with Gasteiger partial charge >= 0.3 is 0 Å². The van der Waals surface area contributed by atoms with E-state index in [2.05, 4.69) is 5.32 Å². The molecule has 1 amide bonds. The molecule has 20 heavy (non-hydrogen) atoms. The van der Waals surface area contributed by atoms with Crippen LogP contribution in [0.3, 0.4) is 0 Å². The van der Waals surface area contributed by atoms with E-state index >= 15 is 0 Å². The van der Waals surface area contributed by atoms with Gasteiger partial charge in [0.2, 0.25) is 0 Å². The maximum Gasteiger partial charge on any atom is 0.254 e. The first-order valence-electron chi connectivity index (χ1n) is 6.75. The van der Waals surface area contributed by atoms with E-state index in [1.54, 1.807) is 11.0 Å². The van der Waals surface area contributed by atoms with E-state index in [1.165, 1.54) is 12.1 Å². The number of carbonyl (C=O) groups excluding carboxylic acids is 1. The van der Waals surface area contributed by atoms with Gasteiger partial charge in [-0.3, -0.25) is 4.79 Å². The number of hydrogen-bond acceptors (Lipinski definition) is 3. The van der Waals surface area contributed by atoms with Crippen LogP contribution >= 0.6 is 0 Å². The molecule has 112 valence electrons. The van der Waals surface area contributed by atoms with Gasteiger partial charge in [-0.2, -0.15) is 0 Å². The summed E-state index contributed by atoms with van der Waals surface area (Å²) in [5.41, 5.74) is 0.731. The van der Waals surface area contributed by atoms with Crippen LogP contribution in [0.5, 0.6) is 0 Å². The largest absolute Gasteiger partial charge is 0.396 e. The molecule has 0 aliphatic heterocycles. The van der Waals surface area contributed by atoms with Crippen molar-refractivity contribution in [2.24, 2.45) is 5.92 Å². The average molecular weight is 282 g/mol. The lowest BCUT2D eigenvalue weighted by Crippen LogP contribution is -2.39. The van der Waals surface area contributed by atoms with Crippen LogP contribution in [0, 0.1) is 11.7 Å². The molecule has 0 radical (unpaired) electrons. The van der Waals surface area contributed by atoms with Gasteiger partial charge in [0.1, 0.15) is 5.82 Å². The van der Waals surface area contributed by atoms with Crippen molar-refractivity contribution >= 4 is 11.6 Å². The topological polar surface area (TPSA) is 52.6 Å². The second kappa shape index (κ2) is 7.24. The summed E-state index contributed by atoms with van der Waals surface area (Å²) in [5.74, 6) is -0.810. The summed E-state index contributed by atoms with van der Waals surface area (Å²) in [6, 6.07) is 4.36. The molecule has 1 aromatic rings. The normalized spacial score (nSPS) is 12.3. The number of aliphatic hydroxyl groups is 1. The van der Waals surface area contributed by atoms with Crippen molar-refractivity contribution in [3.8, 4) is 0 Å². The number of carbonyl (C=O) groups is 1. The number of hydrogen-bond donors (Lipinski definition) is 2. The average Bonchev–Trinajstić information content (AvgIpc) is 2.37. The number of anilines is 1. The maximum atomic E-state index is 14.0. The van der Waals surface area contributed by atoms with Gasteiger partial charge in [-0.15, -0.1) is 0 Å². The molecule has 0 spiro atoms. The van der Waals surface area contributed by atoms with Crippen molar-refractivity contribution in [3.05, 3.63) is 29.6 Å². The molecule has 0 aliphatic rings. The molecule has 1 atom stereocenters. The zero-order chi connectivity index (χ0) is 15.3. The summed E-state index contributed by atoms with van der Waals surface area (Å²) in [4.78, 5) is 13.9. The van der Waals surface area contributed by atoms with Gasteiger partial charge in [0.15, 0.2) is 0 Å². The van der Waals surface area contributed by atoms with Crippen LogP contribution in [-0.2, 0) is 0 Å². The quantitative estimate of drug-likeness (QED) is 0.839. The second-order valence-electron chi connectivity index (χ2n) is 5.39. The highest BCUT2D eigenvalue weighted by Crippen LogP contribution is 2.17. The Balaban J connectivity index is 2.86. The number of aliphatic hydroxyl groups excluding tert-OH is 1. The highest BCUT2D eigenvalue weighted by Gasteiger charge is 2.19. The molecule has 1 rings (SSSR count). The maximum absolute atomic E-state index is 14.0. The lowest BCUT2D eigenvalue weighted by atomic mass is 10.0. The minimum atomic E-state index is -0.541. The molecule has 0 aliphatic carbocycles. The molecular weight excluding hydrogens is 259 g/mol. The summed E-state index contributed by atoms with van der Waals surface area (Å²) in [6.07, 6.45) is 0.459. The van der Waals surface area contributed by atoms with Gasteiger partial charge in [0.05, 0.1) is 5.56 Å². The summed E-state index contributed by atoms with van der Waals surface area (Å²) in [6.45, 7) is 3.89. The van der Waals surface area contributed by atoms with Crippen molar-refractivity contribution in [2.75, 3.05) is 25.6 Å². The lowest BCUT2D eigenvalue weighted by molar-refractivity contribution is 0.0912. The minimum absolute atomic E-state index is 0.00875. The summed E-state index contributed by atoms with van der Waals surface area (Å²) in [7, 11) is 3.62. The molecule has 0 aromatic heterocycles. The zero-order valence-electron chi connectivity index (χ0n) is 12.5. The van der Waals surface area contributed by atoms with Gasteiger partial charge in [-0.05, 0) is 30.5 Å². The van der Waals surface area contributed by atoms with E-state index in [0.717, 1.165) is 0 Å². The van der Waals surface area contributed by atoms with Crippen molar-refractivity contribution in [1.82, 2.24) is 5.32 Å². The predicted molar refractivity (Wildman–Crippen MR) is 78.5 cm³/mol. The monoisotopic (exact) mass is 282 g/mol. The van der Waals surface area contributed by atoms with E-state index in [9.17, 15) is 9.18 Å². The third-order valence-corrected chi connectivity index (χ3v) is 3.28. The Labute approximate surface area is 119 Å². The molecule has 0 fully saturated rings. The Morgan fingerprint density at radius 2 is 2.05 bits per heavy atom. The van der Waals surface area contributed by atoms with E-state index in [1.807, 2.05) is 27.9 Å². The summed E-state index contributed by atoms with van der Waals surface area (Å²) >= 11 is 0. The molecule has 1 unspecified atom stereocenters. The summed E-state index contributed by atoms with van der Waals surface area (Å²) in [5, 5.41) is 11.8. The van der Waals surface area contributed by atoms with Crippen LogP contribution in [0.25, 0.3) is 0 Å². The van der Waals surface area contributed by atoms with E-state index in [-0.39, 0.29) is 24.1 Å². The molecule has 4 nitrogen and oxygen atoms in total. The first kappa shape index (κ1) is 16.4. The molecule has 0 saturated carbocycles. The number of nitrogens with zero attached hydrogens (tertiary/aromatic N) is 1. The Hall–Kier alpha value is -1.62. The smallest absolute Gasteiger partial charge is 0.254 e. The molecule has 5 heteroatoms. The Morgan fingerprint density at radius 3 is 2.50 bits per heavy atom. The Bertz CT molecular complexity index is 461. The van der Waals surface area contributed by atoms with Crippen molar-refractivity contribution in [2.45, 2.75) is 26.3 Å². The van der Waals surface area contributed by atoms with Crippen molar-refractivity contribution in [3.63, 3.8) is 0 Å². The number of nitrogens with one attached hydrogen (secondary N) is 1. The van der Waals surface area contributed by atoms with E-state index in [4.69, 9.17) is 5.11 Å². The van der Waals surface area contributed by atoms with E-state index < -0.39 is 11.7 Å². The van der Waals surface area contributed by atoms with Crippen LogP contribution in [0.15, 0.2) is 18.2 Å². The first-order chi connectivity index (χ1) is 9.36. The Morgan fingerprint density at radius 1 is 1.40 bits per heavy atom. The SMILES string of the molecule is CC(C)C(CCO)NC(=O)c1ccc(N(C)C)cc1F. The summed E-state index contributed by atoms with van der Waals surface area (Å²) < 4.78 is 14.0. The van der Waals surface area contributed by atoms with Gasteiger partial charge < -0.3 is 15.3 Å². The van der Waals surface area contributed by atoms with Crippen molar-refractivity contribution < 1.29 is 14.3 Å². The standard InChI is InChI=1S/C15H23FN2O2/c1-10(2)14(7-8-19)17-15(20)12-6-5-11(18(3)4)9-13(12)16/h5-6,9-10,14,19H,7-8H2,1-4H3,(H,17,20). The molecule has 0 bridgehead atoms. The fourth-order valence-electron chi connectivity index (χ4n) is 1.92. The van der Waals surface area contributed by atoms with E-state index in [0.29, 0.717) is 12.1 Å². The third-order valence-electron chi connectivity index (χ3n) is 3.28.